The Hall–Kier alpha value is -2.43. The number of benzene rings is 1. The third-order valence-electron chi connectivity index (χ3n) is 2.87. The molecule has 96 valence electrons. The van der Waals surface area contributed by atoms with E-state index in [9.17, 15) is 4.39 Å². The van der Waals surface area contributed by atoms with Crippen LogP contribution in [0.15, 0.2) is 41.1 Å². The molecule has 0 aliphatic carbocycles. The Morgan fingerprint density at radius 2 is 2.21 bits per heavy atom. The van der Waals surface area contributed by atoms with E-state index < -0.39 is 0 Å². The second kappa shape index (κ2) is 4.68. The molecule has 3 rings (SSSR count). The molecule has 2 aromatic heterocycles. The van der Waals surface area contributed by atoms with Crippen LogP contribution in [0.2, 0.25) is 0 Å². The van der Waals surface area contributed by atoms with E-state index in [4.69, 9.17) is 4.52 Å². The van der Waals surface area contributed by atoms with Gasteiger partial charge in [0.1, 0.15) is 23.3 Å². The van der Waals surface area contributed by atoms with E-state index in [0.29, 0.717) is 12.1 Å². The average molecular weight is 257 g/mol. The molecule has 5 heteroatoms. The molecule has 0 bridgehead atoms. The Labute approximate surface area is 109 Å². The normalized spacial score (nSPS) is 10.8. The molecule has 1 N–H and O–H groups in total. The molecular weight excluding hydrogens is 245 g/mol. The van der Waals surface area contributed by atoms with Crippen molar-refractivity contribution in [2.75, 3.05) is 5.32 Å². The van der Waals surface area contributed by atoms with Crippen LogP contribution in [0, 0.1) is 12.7 Å². The van der Waals surface area contributed by atoms with Crippen LogP contribution >= 0.6 is 0 Å². The third-order valence-corrected chi connectivity index (χ3v) is 2.87. The number of para-hydroxylation sites is 1. The zero-order valence-corrected chi connectivity index (χ0v) is 10.4. The summed E-state index contributed by atoms with van der Waals surface area (Å²) in [5.74, 6) is -0.314. The maximum atomic E-state index is 13.7. The summed E-state index contributed by atoms with van der Waals surface area (Å²) in [7, 11) is 0. The summed E-state index contributed by atoms with van der Waals surface area (Å²) in [5, 5.41) is 7.81. The largest absolute Gasteiger partial charge is 0.379 e. The number of hydrogen-bond donors (Lipinski definition) is 1. The van der Waals surface area contributed by atoms with E-state index in [1.807, 2.05) is 19.1 Å². The zero-order valence-electron chi connectivity index (χ0n) is 10.4. The van der Waals surface area contributed by atoms with E-state index in [1.54, 1.807) is 12.1 Å². The molecule has 0 aliphatic heterocycles. The monoisotopic (exact) mass is 257 g/mol. The summed E-state index contributed by atoms with van der Waals surface area (Å²) in [6.07, 6.45) is 1.52. The van der Waals surface area contributed by atoms with E-state index in [2.05, 4.69) is 15.5 Å². The lowest BCUT2D eigenvalue weighted by atomic mass is 10.1. The van der Waals surface area contributed by atoms with Crippen molar-refractivity contribution < 1.29 is 8.91 Å². The van der Waals surface area contributed by atoms with Crippen LogP contribution in [0.25, 0.3) is 10.9 Å². The van der Waals surface area contributed by atoms with Crippen molar-refractivity contribution in [2.45, 2.75) is 13.5 Å². The van der Waals surface area contributed by atoms with Crippen LogP contribution in [0.4, 0.5) is 10.1 Å². The van der Waals surface area contributed by atoms with E-state index in [1.165, 1.54) is 12.3 Å². The number of aryl methyl sites for hydroxylation is 1. The molecule has 0 amide bonds. The topological polar surface area (TPSA) is 51.0 Å². The standard InChI is InChI=1S/C14H12FN3O/c1-9-7-13(16-8-10-5-6-19-18-10)11-3-2-4-12(15)14(11)17-9/h2-7H,8H2,1H3,(H,16,17). The number of nitrogens with zero attached hydrogens (tertiary/aromatic N) is 2. The number of pyridine rings is 1. The number of halogens is 1. The van der Waals surface area contributed by atoms with Gasteiger partial charge in [-0.1, -0.05) is 17.3 Å². The van der Waals surface area contributed by atoms with Gasteiger partial charge in [-0.05, 0) is 19.1 Å². The predicted octanol–water partition coefficient (Wildman–Crippen LogP) is 3.28. The highest BCUT2D eigenvalue weighted by Gasteiger charge is 2.08. The Morgan fingerprint density at radius 3 is 3.00 bits per heavy atom. The molecule has 0 radical (unpaired) electrons. The molecule has 19 heavy (non-hydrogen) atoms. The molecule has 4 nitrogen and oxygen atoms in total. The molecule has 0 spiro atoms. The number of fused-ring (bicyclic) bond motifs is 1. The zero-order chi connectivity index (χ0) is 13.2. The minimum Gasteiger partial charge on any atom is -0.379 e. The van der Waals surface area contributed by atoms with Crippen molar-refractivity contribution in [1.29, 1.82) is 0 Å². The summed E-state index contributed by atoms with van der Waals surface area (Å²) in [4.78, 5) is 4.23. The van der Waals surface area contributed by atoms with Crippen molar-refractivity contribution in [2.24, 2.45) is 0 Å². The molecule has 0 saturated heterocycles. The van der Waals surface area contributed by atoms with Gasteiger partial charge < -0.3 is 9.84 Å². The first-order valence-corrected chi connectivity index (χ1v) is 5.93. The first-order chi connectivity index (χ1) is 9.24. The molecule has 0 unspecified atom stereocenters. The van der Waals surface area contributed by atoms with E-state index in [-0.39, 0.29) is 5.82 Å². The van der Waals surface area contributed by atoms with Gasteiger partial charge in [-0.15, -0.1) is 0 Å². The van der Waals surface area contributed by atoms with Gasteiger partial charge in [-0.25, -0.2) is 9.37 Å². The second-order valence-electron chi connectivity index (χ2n) is 4.29. The van der Waals surface area contributed by atoms with Gasteiger partial charge in [-0.2, -0.15) is 0 Å². The Morgan fingerprint density at radius 1 is 1.32 bits per heavy atom. The summed E-state index contributed by atoms with van der Waals surface area (Å²) in [5.41, 5.74) is 2.77. The smallest absolute Gasteiger partial charge is 0.149 e. The molecule has 0 aliphatic rings. The van der Waals surface area contributed by atoms with Gasteiger partial charge in [0.05, 0.1) is 6.54 Å². The molecule has 0 saturated carbocycles. The van der Waals surface area contributed by atoms with Gasteiger partial charge in [-0.3, -0.25) is 0 Å². The Kier molecular flexibility index (Phi) is 2.87. The van der Waals surface area contributed by atoms with Crippen molar-refractivity contribution in [3.63, 3.8) is 0 Å². The fourth-order valence-corrected chi connectivity index (χ4v) is 2.00. The Balaban J connectivity index is 2.00. The maximum Gasteiger partial charge on any atom is 0.149 e. The second-order valence-corrected chi connectivity index (χ2v) is 4.29. The fraction of sp³-hybridized carbons (Fsp3) is 0.143. The minimum absolute atomic E-state index is 0.314. The van der Waals surface area contributed by atoms with Crippen molar-refractivity contribution in [1.82, 2.24) is 10.1 Å². The summed E-state index contributed by atoms with van der Waals surface area (Å²) < 4.78 is 18.5. The van der Waals surface area contributed by atoms with Gasteiger partial charge in [0.15, 0.2) is 0 Å². The number of rotatable bonds is 3. The predicted molar refractivity (Wildman–Crippen MR) is 70.3 cm³/mol. The van der Waals surface area contributed by atoms with Crippen LogP contribution < -0.4 is 5.32 Å². The number of hydrogen-bond acceptors (Lipinski definition) is 4. The summed E-state index contributed by atoms with van der Waals surface area (Å²) >= 11 is 0. The van der Waals surface area contributed by atoms with Crippen molar-refractivity contribution >= 4 is 16.6 Å². The lowest BCUT2D eigenvalue weighted by molar-refractivity contribution is 0.412. The summed E-state index contributed by atoms with van der Waals surface area (Å²) in [6, 6.07) is 8.60. The quantitative estimate of drug-likeness (QED) is 0.782. The number of anilines is 1. The highest BCUT2D eigenvalue weighted by Crippen LogP contribution is 2.25. The molecular formula is C14H12FN3O. The SMILES string of the molecule is Cc1cc(NCc2ccon2)c2cccc(F)c2n1. The van der Waals surface area contributed by atoms with Crippen LogP contribution in [0.5, 0.6) is 0 Å². The van der Waals surface area contributed by atoms with Gasteiger partial charge in [0.25, 0.3) is 0 Å². The molecule has 0 fully saturated rings. The molecule has 0 atom stereocenters. The Bertz CT molecular complexity index is 710. The number of nitrogens with one attached hydrogen (secondary N) is 1. The van der Waals surface area contributed by atoms with Crippen LogP contribution in [0.3, 0.4) is 0 Å². The third kappa shape index (κ3) is 2.27. The first-order valence-electron chi connectivity index (χ1n) is 5.93. The van der Waals surface area contributed by atoms with Gasteiger partial charge in [0, 0.05) is 22.8 Å². The highest BCUT2D eigenvalue weighted by molar-refractivity contribution is 5.91. The van der Waals surface area contributed by atoms with Gasteiger partial charge >= 0.3 is 0 Å². The van der Waals surface area contributed by atoms with E-state index >= 15 is 0 Å². The van der Waals surface area contributed by atoms with Crippen molar-refractivity contribution in [3.05, 3.63) is 53.8 Å². The lowest BCUT2D eigenvalue weighted by Gasteiger charge is -2.09. The maximum absolute atomic E-state index is 13.7. The highest BCUT2D eigenvalue weighted by atomic mass is 19.1. The molecule has 1 aromatic carbocycles. The molecule has 3 aromatic rings. The lowest BCUT2D eigenvalue weighted by Crippen LogP contribution is -2.02. The van der Waals surface area contributed by atoms with Gasteiger partial charge in [0.2, 0.25) is 0 Å². The minimum atomic E-state index is -0.314. The fourth-order valence-electron chi connectivity index (χ4n) is 2.00. The van der Waals surface area contributed by atoms with E-state index in [0.717, 1.165) is 22.5 Å². The average Bonchev–Trinajstić information content (AvgIpc) is 2.90. The first kappa shape index (κ1) is 11.6. The van der Waals surface area contributed by atoms with Crippen LogP contribution in [-0.2, 0) is 6.54 Å². The molecule has 2 heterocycles. The van der Waals surface area contributed by atoms with Crippen molar-refractivity contribution in [3.8, 4) is 0 Å². The number of aromatic nitrogens is 2. The van der Waals surface area contributed by atoms with Crippen LogP contribution in [0.1, 0.15) is 11.4 Å². The summed E-state index contributed by atoms with van der Waals surface area (Å²) in [6.45, 7) is 2.36. The van der Waals surface area contributed by atoms with Crippen LogP contribution in [-0.4, -0.2) is 10.1 Å².